The first-order valence-electron chi connectivity index (χ1n) is 3.50. The molecule has 1 aromatic heterocycles. The molecule has 5 N–H and O–H groups in total. The van der Waals surface area contributed by atoms with Crippen LogP contribution in [-0.2, 0) is 0 Å². The molecule has 0 aromatic carbocycles. The molecule has 0 atom stereocenters. The summed E-state index contributed by atoms with van der Waals surface area (Å²) in [6.45, 7) is 0.524. The number of hydrogen-bond acceptors (Lipinski definition) is 6. The third kappa shape index (κ3) is 2.33. The highest BCUT2D eigenvalue weighted by atomic mass is 16.3. The topological polar surface area (TPSA) is 96.1 Å². The highest BCUT2D eigenvalue weighted by Gasteiger charge is 1.94. The molecule has 0 fully saturated rings. The van der Waals surface area contributed by atoms with Crippen LogP contribution >= 0.6 is 0 Å². The van der Waals surface area contributed by atoms with Crippen LogP contribution in [0.1, 0.15) is 0 Å². The first-order chi connectivity index (χ1) is 5.86. The van der Waals surface area contributed by atoms with Crippen LogP contribution in [0.25, 0.3) is 0 Å². The molecule has 1 rings (SSSR count). The van der Waals surface area contributed by atoms with E-state index in [0.717, 1.165) is 0 Å². The van der Waals surface area contributed by atoms with Gasteiger partial charge in [0, 0.05) is 12.6 Å². The molecule has 0 unspecified atom stereocenters. The summed E-state index contributed by atoms with van der Waals surface area (Å²) in [6, 6.07) is 1.65. The number of aliphatic hydroxyl groups is 1. The highest BCUT2D eigenvalue weighted by Crippen LogP contribution is 2.05. The minimum Gasteiger partial charge on any atom is -0.395 e. The maximum absolute atomic E-state index is 8.51. The second-order valence-electron chi connectivity index (χ2n) is 2.08. The molecule has 0 aliphatic rings. The van der Waals surface area contributed by atoms with Gasteiger partial charge < -0.3 is 15.8 Å². The molecule has 0 saturated heterocycles. The summed E-state index contributed by atoms with van der Waals surface area (Å²) < 4.78 is 0. The standard InChI is InChI=1S/C6H11N5O/c7-11-6-3-5(8-1-2-12)9-4-10-6/h3-4,12H,1-2,7H2,(H2,8,9,10,11). The van der Waals surface area contributed by atoms with Crippen molar-refractivity contribution in [2.24, 2.45) is 5.84 Å². The molecule has 0 spiro atoms. The first-order valence-corrected chi connectivity index (χ1v) is 3.50. The summed E-state index contributed by atoms with van der Waals surface area (Å²) >= 11 is 0. The molecule has 0 aliphatic carbocycles. The normalized spacial score (nSPS) is 9.50. The number of hydrazine groups is 1. The van der Waals surface area contributed by atoms with Crippen LogP contribution in [0.3, 0.4) is 0 Å². The molecule has 12 heavy (non-hydrogen) atoms. The predicted molar refractivity (Wildman–Crippen MR) is 45.4 cm³/mol. The van der Waals surface area contributed by atoms with E-state index in [0.29, 0.717) is 18.2 Å². The lowest BCUT2D eigenvalue weighted by Gasteiger charge is -2.03. The quantitative estimate of drug-likeness (QED) is 0.347. The lowest BCUT2D eigenvalue weighted by atomic mass is 10.5. The van der Waals surface area contributed by atoms with Crippen molar-refractivity contribution in [1.29, 1.82) is 0 Å². The van der Waals surface area contributed by atoms with Crippen molar-refractivity contribution < 1.29 is 5.11 Å². The van der Waals surface area contributed by atoms with E-state index in [1.807, 2.05) is 0 Å². The molecule has 0 bridgehead atoms. The lowest BCUT2D eigenvalue weighted by molar-refractivity contribution is 0.311. The fourth-order valence-electron chi connectivity index (χ4n) is 0.717. The monoisotopic (exact) mass is 169 g/mol. The third-order valence-electron chi connectivity index (χ3n) is 1.23. The number of nitrogens with zero attached hydrogens (tertiary/aromatic N) is 2. The van der Waals surface area contributed by atoms with Gasteiger partial charge in [-0.05, 0) is 0 Å². The van der Waals surface area contributed by atoms with Gasteiger partial charge in [-0.15, -0.1) is 0 Å². The molecule has 1 heterocycles. The van der Waals surface area contributed by atoms with Crippen LogP contribution < -0.4 is 16.6 Å². The van der Waals surface area contributed by atoms with E-state index >= 15 is 0 Å². The summed E-state index contributed by atoms with van der Waals surface area (Å²) in [4.78, 5) is 7.71. The Bertz CT molecular complexity index is 241. The van der Waals surface area contributed by atoms with E-state index in [4.69, 9.17) is 10.9 Å². The average molecular weight is 169 g/mol. The maximum atomic E-state index is 8.51. The van der Waals surface area contributed by atoms with Crippen molar-refractivity contribution in [3.63, 3.8) is 0 Å². The Labute approximate surface area is 69.8 Å². The Kier molecular flexibility index (Phi) is 3.24. The molecule has 0 radical (unpaired) electrons. The number of nitrogens with one attached hydrogen (secondary N) is 2. The minimum absolute atomic E-state index is 0.0649. The van der Waals surface area contributed by atoms with Crippen molar-refractivity contribution in [3.8, 4) is 0 Å². The average Bonchev–Trinajstić information content (AvgIpc) is 2.15. The van der Waals surface area contributed by atoms with Gasteiger partial charge in [-0.25, -0.2) is 15.8 Å². The van der Waals surface area contributed by atoms with Gasteiger partial charge in [-0.2, -0.15) is 0 Å². The zero-order valence-electron chi connectivity index (χ0n) is 6.49. The van der Waals surface area contributed by atoms with Crippen molar-refractivity contribution in [2.45, 2.75) is 0 Å². The lowest BCUT2D eigenvalue weighted by Crippen LogP contribution is -2.11. The van der Waals surface area contributed by atoms with Crippen LogP contribution in [0.4, 0.5) is 11.6 Å². The van der Waals surface area contributed by atoms with Crippen molar-refractivity contribution >= 4 is 11.6 Å². The predicted octanol–water partition coefficient (Wildman–Crippen LogP) is -0.834. The number of aliphatic hydroxyl groups excluding tert-OH is 1. The number of rotatable bonds is 4. The van der Waals surface area contributed by atoms with Crippen LogP contribution in [0, 0.1) is 0 Å². The van der Waals surface area contributed by atoms with Gasteiger partial charge in [-0.3, -0.25) is 0 Å². The van der Waals surface area contributed by atoms with Crippen molar-refractivity contribution in [2.75, 3.05) is 23.9 Å². The van der Waals surface area contributed by atoms with E-state index in [-0.39, 0.29) is 6.61 Å². The van der Waals surface area contributed by atoms with Gasteiger partial charge in [0.2, 0.25) is 0 Å². The van der Waals surface area contributed by atoms with E-state index in [2.05, 4.69) is 20.7 Å². The Balaban J connectivity index is 2.60. The van der Waals surface area contributed by atoms with E-state index in [1.54, 1.807) is 6.07 Å². The zero-order chi connectivity index (χ0) is 8.81. The van der Waals surface area contributed by atoms with E-state index < -0.39 is 0 Å². The number of nitrogens with two attached hydrogens (primary N) is 1. The van der Waals surface area contributed by atoms with Gasteiger partial charge in [0.15, 0.2) is 0 Å². The van der Waals surface area contributed by atoms with E-state index in [9.17, 15) is 0 Å². The largest absolute Gasteiger partial charge is 0.395 e. The van der Waals surface area contributed by atoms with Gasteiger partial charge in [0.25, 0.3) is 0 Å². The van der Waals surface area contributed by atoms with Crippen LogP contribution in [0.15, 0.2) is 12.4 Å². The summed E-state index contributed by atoms with van der Waals surface area (Å²) in [7, 11) is 0. The number of hydrogen-bond donors (Lipinski definition) is 4. The van der Waals surface area contributed by atoms with E-state index in [1.165, 1.54) is 6.33 Å². The fourth-order valence-corrected chi connectivity index (χ4v) is 0.717. The van der Waals surface area contributed by atoms with Crippen molar-refractivity contribution in [3.05, 3.63) is 12.4 Å². The molecule has 66 valence electrons. The molecular formula is C6H11N5O. The Hall–Kier alpha value is -1.40. The van der Waals surface area contributed by atoms with Gasteiger partial charge >= 0.3 is 0 Å². The third-order valence-corrected chi connectivity index (χ3v) is 1.23. The minimum atomic E-state index is 0.0649. The highest BCUT2D eigenvalue weighted by molar-refractivity contribution is 5.45. The SMILES string of the molecule is NNc1cc(NCCO)ncn1. The summed E-state index contributed by atoms with van der Waals surface area (Å²) in [5.41, 5.74) is 2.39. The summed E-state index contributed by atoms with van der Waals surface area (Å²) in [5.74, 6) is 6.29. The number of aromatic nitrogens is 2. The molecule has 0 saturated carbocycles. The Morgan fingerprint density at radius 3 is 2.83 bits per heavy atom. The van der Waals surface area contributed by atoms with Crippen molar-refractivity contribution in [1.82, 2.24) is 9.97 Å². The van der Waals surface area contributed by atoms with Crippen LogP contribution in [-0.4, -0.2) is 28.2 Å². The van der Waals surface area contributed by atoms with Gasteiger partial charge in [0.1, 0.15) is 18.0 Å². The molecule has 1 aromatic rings. The molecular weight excluding hydrogens is 158 g/mol. The zero-order valence-corrected chi connectivity index (χ0v) is 6.49. The van der Waals surface area contributed by atoms with Crippen LogP contribution in [0.5, 0.6) is 0 Å². The smallest absolute Gasteiger partial charge is 0.145 e. The first kappa shape index (κ1) is 8.69. The molecule has 6 nitrogen and oxygen atoms in total. The molecule has 0 amide bonds. The van der Waals surface area contributed by atoms with Gasteiger partial charge in [0.05, 0.1) is 6.61 Å². The molecule has 6 heteroatoms. The second-order valence-corrected chi connectivity index (χ2v) is 2.08. The number of anilines is 2. The molecule has 0 aliphatic heterocycles. The Morgan fingerprint density at radius 2 is 2.17 bits per heavy atom. The summed E-state index contributed by atoms with van der Waals surface area (Å²) in [6.07, 6.45) is 1.38. The Morgan fingerprint density at radius 1 is 1.42 bits per heavy atom. The second kappa shape index (κ2) is 4.47. The van der Waals surface area contributed by atoms with Crippen LogP contribution in [0.2, 0.25) is 0 Å². The fraction of sp³-hybridized carbons (Fsp3) is 0.333. The summed E-state index contributed by atoms with van der Waals surface area (Å²) in [5, 5.41) is 11.4. The van der Waals surface area contributed by atoms with Gasteiger partial charge in [-0.1, -0.05) is 0 Å². The maximum Gasteiger partial charge on any atom is 0.145 e. The number of nitrogen functional groups attached to an aromatic ring is 1.